The lowest BCUT2D eigenvalue weighted by atomic mass is 9.77. The molecule has 1 unspecified atom stereocenters. The fourth-order valence-corrected chi connectivity index (χ4v) is 4.30. The van der Waals surface area contributed by atoms with Gasteiger partial charge in [0.15, 0.2) is 0 Å². The van der Waals surface area contributed by atoms with E-state index in [0.717, 1.165) is 6.42 Å². The van der Waals surface area contributed by atoms with Gasteiger partial charge < -0.3 is 5.11 Å². The van der Waals surface area contributed by atoms with E-state index < -0.39 is 21.4 Å². The number of sulfonamides is 1. The number of piperidine rings is 1. The zero-order valence-electron chi connectivity index (χ0n) is 11.2. The number of hydrogen-bond donors (Lipinski definition) is 1. The second-order valence-corrected chi connectivity index (χ2v) is 7.18. The van der Waals surface area contributed by atoms with E-state index in [9.17, 15) is 18.3 Å². The third kappa shape index (κ3) is 3.23. The second kappa shape index (κ2) is 6.02. The van der Waals surface area contributed by atoms with Crippen LogP contribution in [0.15, 0.2) is 0 Å². The number of carboxylic acid groups (broad SMARTS) is 1. The number of carboxylic acids is 1. The van der Waals surface area contributed by atoms with Crippen LogP contribution in [0, 0.1) is 5.41 Å². The molecule has 1 aliphatic rings. The Morgan fingerprint density at radius 2 is 2.00 bits per heavy atom. The molecule has 0 aromatic carbocycles. The summed E-state index contributed by atoms with van der Waals surface area (Å²) in [6, 6.07) is 0. The summed E-state index contributed by atoms with van der Waals surface area (Å²) < 4.78 is 25.4. The van der Waals surface area contributed by atoms with E-state index >= 15 is 0 Å². The molecule has 0 bridgehead atoms. The fourth-order valence-electron chi connectivity index (χ4n) is 2.68. The maximum atomic E-state index is 12.0. The quantitative estimate of drug-likeness (QED) is 0.801. The van der Waals surface area contributed by atoms with Gasteiger partial charge in [0.2, 0.25) is 10.0 Å². The van der Waals surface area contributed by atoms with Crippen LogP contribution >= 0.6 is 0 Å². The smallest absolute Gasteiger partial charge is 0.310 e. The Morgan fingerprint density at radius 3 is 2.50 bits per heavy atom. The molecule has 0 saturated carbocycles. The molecule has 6 heteroatoms. The molecular formula is C12H23NO4S. The van der Waals surface area contributed by atoms with Crippen LogP contribution in [-0.2, 0) is 14.8 Å². The van der Waals surface area contributed by atoms with E-state index in [1.54, 1.807) is 0 Å². The van der Waals surface area contributed by atoms with Crippen molar-refractivity contribution in [1.29, 1.82) is 0 Å². The molecule has 0 spiro atoms. The zero-order valence-corrected chi connectivity index (χ0v) is 12.0. The molecule has 0 aromatic rings. The van der Waals surface area contributed by atoms with Gasteiger partial charge in [-0.3, -0.25) is 4.79 Å². The van der Waals surface area contributed by atoms with E-state index in [0.29, 0.717) is 32.2 Å². The summed E-state index contributed by atoms with van der Waals surface area (Å²) in [6.07, 6.45) is 3.07. The molecule has 0 amide bonds. The van der Waals surface area contributed by atoms with Crippen molar-refractivity contribution in [2.24, 2.45) is 5.41 Å². The van der Waals surface area contributed by atoms with Gasteiger partial charge in [0.1, 0.15) is 0 Å². The summed E-state index contributed by atoms with van der Waals surface area (Å²) in [7, 11) is -3.29. The molecule has 5 nitrogen and oxygen atoms in total. The van der Waals surface area contributed by atoms with Gasteiger partial charge in [0.25, 0.3) is 0 Å². The fraction of sp³-hybridized carbons (Fsp3) is 0.917. The number of nitrogens with zero attached hydrogens (tertiary/aromatic N) is 1. The van der Waals surface area contributed by atoms with E-state index in [1.807, 2.05) is 13.8 Å². The summed E-state index contributed by atoms with van der Waals surface area (Å²) in [6.45, 7) is 4.35. The van der Waals surface area contributed by atoms with E-state index in [-0.39, 0.29) is 12.3 Å². The molecule has 0 radical (unpaired) electrons. The average Bonchev–Trinajstić information content (AvgIpc) is 2.29. The maximum absolute atomic E-state index is 12.0. The molecule has 1 fully saturated rings. The third-order valence-electron chi connectivity index (χ3n) is 3.58. The molecule has 1 atom stereocenters. The van der Waals surface area contributed by atoms with Gasteiger partial charge in [-0.25, -0.2) is 12.7 Å². The highest BCUT2D eigenvalue weighted by Gasteiger charge is 2.44. The van der Waals surface area contributed by atoms with Crippen LogP contribution in [0.5, 0.6) is 0 Å². The standard InChI is InChI=1S/C12H23NO4S/c1-3-6-12(11(14)15)7-5-8-13(10-12)18(16,17)9-4-2/h3-10H2,1-2H3,(H,14,15). The van der Waals surface area contributed by atoms with Gasteiger partial charge in [-0.15, -0.1) is 0 Å². The van der Waals surface area contributed by atoms with Gasteiger partial charge in [-0.2, -0.15) is 0 Å². The first-order chi connectivity index (χ1) is 8.38. The van der Waals surface area contributed by atoms with Crippen LogP contribution in [0.4, 0.5) is 0 Å². The van der Waals surface area contributed by atoms with Crippen LogP contribution in [0.1, 0.15) is 46.0 Å². The van der Waals surface area contributed by atoms with Gasteiger partial charge in [0.05, 0.1) is 11.2 Å². The van der Waals surface area contributed by atoms with Gasteiger partial charge in [-0.1, -0.05) is 20.3 Å². The lowest BCUT2D eigenvalue weighted by Gasteiger charge is -2.39. The van der Waals surface area contributed by atoms with Crippen LogP contribution < -0.4 is 0 Å². The Morgan fingerprint density at radius 1 is 1.33 bits per heavy atom. The topological polar surface area (TPSA) is 74.7 Å². The normalized spacial score (nSPS) is 26.1. The predicted octanol–water partition coefficient (Wildman–Crippen LogP) is 1.69. The summed E-state index contributed by atoms with van der Waals surface area (Å²) >= 11 is 0. The number of aliphatic carboxylic acids is 1. The Kier molecular flexibility index (Phi) is 5.16. The third-order valence-corrected chi connectivity index (χ3v) is 5.60. The van der Waals surface area contributed by atoms with E-state index in [2.05, 4.69) is 0 Å². The Labute approximate surface area is 109 Å². The number of carbonyl (C=O) groups is 1. The monoisotopic (exact) mass is 277 g/mol. The summed E-state index contributed by atoms with van der Waals surface area (Å²) in [4.78, 5) is 11.5. The SMILES string of the molecule is CCCC1(C(=O)O)CCCN(S(=O)(=O)CCC)C1. The molecule has 18 heavy (non-hydrogen) atoms. The van der Waals surface area contributed by atoms with Crippen molar-refractivity contribution in [2.75, 3.05) is 18.8 Å². The average molecular weight is 277 g/mol. The van der Waals surface area contributed by atoms with Crippen molar-refractivity contribution in [3.8, 4) is 0 Å². The minimum Gasteiger partial charge on any atom is -0.481 e. The highest BCUT2D eigenvalue weighted by atomic mass is 32.2. The van der Waals surface area contributed by atoms with Crippen molar-refractivity contribution in [2.45, 2.75) is 46.0 Å². The van der Waals surface area contributed by atoms with Crippen molar-refractivity contribution in [3.05, 3.63) is 0 Å². The summed E-state index contributed by atoms with van der Waals surface area (Å²) in [5.41, 5.74) is -0.881. The zero-order chi connectivity index (χ0) is 13.8. The van der Waals surface area contributed by atoms with Crippen LogP contribution in [0.3, 0.4) is 0 Å². The lowest BCUT2D eigenvalue weighted by molar-refractivity contribution is -0.151. The van der Waals surface area contributed by atoms with Gasteiger partial charge in [-0.05, 0) is 25.7 Å². The molecule has 1 rings (SSSR count). The predicted molar refractivity (Wildman–Crippen MR) is 69.9 cm³/mol. The summed E-state index contributed by atoms with van der Waals surface area (Å²) in [5, 5.41) is 9.41. The molecule has 1 N–H and O–H groups in total. The van der Waals surface area contributed by atoms with Gasteiger partial charge in [0, 0.05) is 13.1 Å². The molecule has 0 aliphatic carbocycles. The number of hydrogen-bond acceptors (Lipinski definition) is 3. The maximum Gasteiger partial charge on any atom is 0.310 e. The largest absolute Gasteiger partial charge is 0.481 e. The first-order valence-electron chi connectivity index (χ1n) is 6.59. The molecule has 1 heterocycles. The first kappa shape index (κ1) is 15.4. The molecule has 1 saturated heterocycles. The van der Waals surface area contributed by atoms with Crippen LogP contribution in [0.25, 0.3) is 0 Å². The van der Waals surface area contributed by atoms with Gasteiger partial charge >= 0.3 is 5.97 Å². The van der Waals surface area contributed by atoms with Crippen molar-refractivity contribution < 1.29 is 18.3 Å². The highest BCUT2D eigenvalue weighted by molar-refractivity contribution is 7.89. The first-order valence-corrected chi connectivity index (χ1v) is 8.20. The van der Waals surface area contributed by atoms with E-state index in [1.165, 1.54) is 4.31 Å². The summed E-state index contributed by atoms with van der Waals surface area (Å²) in [5.74, 6) is -0.754. The molecule has 0 aromatic heterocycles. The van der Waals surface area contributed by atoms with E-state index in [4.69, 9.17) is 0 Å². The van der Waals surface area contributed by atoms with Crippen molar-refractivity contribution >= 4 is 16.0 Å². The minimum atomic E-state index is -3.29. The minimum absolute atomic E-state index is 0.106. The van der Waals surface area contributed by atoms with Crippen molar-refractivity contribution in [3.63, 3.8) is 0 Å². The van der Waals surface area contributed by atoms with Crippen LogP contribution in [-0.4, -0.2) is 42.6 Å². The molecule has 106 valence electrons. The second-order valence-electron chi connectivity index (χ2n) is 5.09. The van der Waals surface area contributed by atoms with Crippen LogP contribution in [0.2, 0.25) is 0 Å². The Bertz CT molecular complexity index is 389. The highest BCUT2D eigenvalue weighted by Crippen LogP contribution is 2.36. The molecular weight excluding hydrogens is 254 g/mol. The molecule has 1 aliphatic heterocycles. The Hall–Kier alpha value is -0.620. The van der Waals surface area contributed by atoms with Crippen molar-refractivity contribution in [1.82, 2.24) is 4.31 Å². The number of rotatable bonds is 6. The lowest BCUT2D eigenvalue weighted by Crippen LogP contribution is -2.50. The Balaban J connectivity index is 2.91.